The molecule has 0 aromatic rings. The van der Waals surface area contributed by atoms with Crippen LogP contribution in [0.5, 0.6) is 0 Å². The number of hydrogen-bond donors (Lipinski definition) is 11. The summed E-state index contributed by atoms with van der Waals surface area (Å²) in [5.74, 6) is 1.06. The summed E-state index contributed by atoms with van der Waals surface area (Å²) >= 11 is 4.16. The zero-order valence-corrected chi connectivity index (χ0v) is 37.4. The highest BCUT2D eigenvalue weighted by atomic mass is 32.1. The summed E-state index contributed by atoms with van der Waals surface area (Å²) in [4.78, 5) is 0. The molecule has 1 atom stereocenters. The normalized spacial score (nSPS) is 19.5. The van der Waals surface area contributed by atoms with Crippen LogP contribution in [0, 0.1) is 0 Å². The van der Waals surface area contributed by atoms with Gasteiger partial charge in [0.2, 0.25) is 0 Å². The van der Waals surface area contributed by atoms with Crippen LogP contribution in [-0.4, -0.2) is 120 Å². The van der Waals surface area contributed by atoms with Crippen molar-refractivity contribution in [1.82, 2.24) is 0 Å². The number of thiol groups is 1. The van der Waals surface area contributed by atoms with E-state index in [2.05, 4.69) is 33.4 Å². The number of unbranched alkanes of at least 4 members (excludes halogenated alkanes) is 16. The molecule has 2 aliphatic carbocycles. The molecule has 0 amide bonds. The van der Waals surface area contributed by atoms with E-state index < -0.39 is 6.10 Å². The van der Waals surface area contributed by atoms with Gasteiger partial charge in [-0.3, -0.25) is 0 Å². The van der Waals surface area contributed by atoms with Gasteiger partial charge in [0, 0.05) is 13.2 Å². The fourth-order valence-electron chi connectivity index (χ4n) is 5.38. The molecular formula is C44H98O10S. The molecule has 2 aliphatic rings. The van der Waals surface area contributed by atoms with Crippen LogP contribution in [0.1, 0.15) is 214 Å². The smallest absolute Gasteiger partial charge is 0.0742 e. The van der Waals surface area contributed by atoms with E-state index in [1.54, 1.807) is 0 Å². The minimum absolute atomic E-state index is 0.104. The Bertz CT molecular complexity index is 529. The molecule has 0 aromatic carbocycles. The van der Waals surface area contributed by atoms with Gasteiger partial charge in [0.25, 0.3) is 0 Å². The SMILES string of the molecule is CC(O)CO.CCCCCCCCCO.CCCCCCCCCS.CCCCCCCO.OC1CCC(O)CC1.OC1CCCC(O)CCC1.OCCO. The first-order valence-corrected chi connectivity index (χ1v) is 23.2. The van der Waals surface area contributed by atoms with Crippen LogP contribution in [-0.2, 0) is 0 Å². The van der Waals surface area contributed by atoms with Gasteiger partial charge in [0.05, 0.1) is 50.3 Å². The Morgan fingerprint density at radius 3 is 0.855 bits per heavy atom. The van der Waals surface area contributed by atoms with Crippen molar-refractivity contribution in [2.24, 2.45) is 0 Å². The Hall–Kier alpha value is -0.0500. The van der Waals surface area contributed by atoms with Crippen molar-refractivity contribution in [3.8, 4) is 0 Å². The van der Waals surface area contributed by atoms with Gasteiger partial charge >= 0.3 is 0 Å². The molecule has 0 aliphatic heterocycles. The molecular weight excluding hydrogens is 721 g/mol. The quantitative estimate of drug-likeness (QED) is 0.0398. The maximum absolute atomic E-state index is 9.22. The maximum Gasteiger partial charge on any atom is 0.0742 e. The molecule has 0 saturated heterocycles. The Kier molecular flexibility index (Phi) is 70.7. The minimum Gasteiger partial charge on any atom is -0.396 e. The van der Waals surface area contributed by atoms with Crippen LogP contribution >= 0.6 is 12.6 Å². The van der Waals surface area contributed by atoms with Crippen LogP contribution in [0.25, 0.3) is 0 Å². The molecule has 2 saturated carbocycles. The molecule has 10 nitrogen and oxygen atoms in total. The molecule has 0 aromatic heterocycles. The van der Waals surface area contributed by atoms with E-state index in [9.17, 15) is 10.2 Å². The lowest BCUT2D eigenvalue weighted by Crippen LogP contribution is -2.21. The predicted molar refractivity (Wildman–Crippen MR) is 236 cm³/mol. The van der Waals surface area contributed by atoms with Crippen LogP contribution in [0.3, 0.4) is 0 Å². The topological polar surface area (TPSA) is 202 Å². The van der Waals surface area contributed by atoms with Gasteiger partial charge in [0.1, 0.15) is 0 Å². The summed E-state index contributed by atoms with van der Waals surface area (Å²) in [6.07, 6.45) is 32.2. The third kappa shape index (κ3) is 75.4. The molecule has 0 radical (unpaired) electrons. The van der Waals surface area contributed by atoms with Crippen molar-refractivity contribution < 1.29 is 51.1 Å². The second kappa shape index (κ2) is 60.6. The van der Waals surface area contributed by atoms with E-state index in [1.807, 2.05) is 0 Å². The van der Waals surface area contributed by atoms with Crippen LogP contribution in [0.2, 0.25) is 0 Å². The molecule has 2 rings (SSSR count). The number of aliphatic hydroxyl groups excluding tert-OH is 10. The van der Waals surface area contributed by atoms with E-state index in [0.717, 1.165) is 82.8 Å². The molecule has 340 valence electrons. The van der Waals surface area contributed by atoms with E-state index in [0.29, 0.717) is 13.2 Å². The van der Waals surface area contributed by atoms with Crippen LogP contribution < -0.4 is 0 Å². The van der Waals surface area contributed by atoms with Gasteiger partial charge in [-0.25, -0.2) is 0 Å². The standard InChI is InChI=1S/C9H20O.C9H20S.C8H16O2.C7H16O.C6H12O2.C3H8O2.C2H6O2/c2*1-2-3-4-5-6-7-8-9-10;9-7-3-1-4-8(10)6-2-5-7;1-2-3-4-5-6-7-8;7-5-1-2-6(8)4-3-5;1-3(5)2-4;3-1-2-4/h2*10H,2-9H2,1H3;7-10H,1-6H2;8H,2-7H2,1H3;5-8H,1-4H2;3-5H,2H2,1H3;3-4H,1-2H2. The Morgan fingerprint density at radius 2 is 0.636 bits per heavy atom. The number of hydrogen-bond acceptors (Lipinski definition) is 11. The van der Waals surface area contributed by atoms with Crippen molar-refractivity contribution >= 4 is 12.6 Å². The van der Waals surface area contributed by atoms with Gasteiger partial charge in [-0.2, -0.15) is 12.6 Å². The van der Waals surface area contributed by atoms with E-state index >= 15 is 0 Å². The first-order valence-electron chi connectivity index (χ1n) is 22.6. The number of rotatable bonds is 21. The predicted octanol–water partition coefficient (Wildman–Crippen LogP) is 8.02. The second-order valence-corrected chi connectivity index (χ2v) is 15.4. The van der Waals surface area contributed by atoms with Crippen molar-refractivity contribution in [2.45, 2.75) is 244 Å². The van der Waals surface area contributed by atoms with Crippen LogP contribution in [0.4, 0.5) is 0 Å². The monoisotopic (exact) mass is 819 g/mol. The first kappa shape index (κ1) is 64.1. The highest BCUT2D eigenvalue weighted by Gasteiger charge is 2.16. The lowest BCUT2D eigenvalue weighted by atomic mass is 9.95. The summed E-state index contributed by atoms with van der Waals surface area (Å²) in [6.45, 7) is 8.55. The molecule has 11 heteroatoms. The fraction of sp³-hybridized carbons (Fsp3) is 1.00. The third-order valence-electron chi connectivity index (χ3n) is 8.96. The lowest BCUT2D eigenvalue weighted by Gasteiger charge is -2.20. The van der Waals surface area contributed by atoms with Gasteiger partial charge in [-0.15, -0.1) is 0 Å². The average molecular weight is 819 g/mol. The van der Waals surface area contributed by atoms with E-state index in [1.165, 1.54) is 116 Å². The summed E-state index contributed by atoms with van der Waals surface area (Å²) in [7, 11) is 0. The van der Waals surface area contributed by atoms with E-state index in [-0.39, 0.29) is 44.2 Å². The molecule has 0 heterocycles. The number of aliphatic hydroxyl groups is 10. The fourth-order valence-corrected chi connectivity index (χ4v) is 5.60. The third-order valence-corrected chi connectivity index (χ3v) is 9.28. The van der Waals surface area contributed by atoms with E-state index in [4.69, 9.17) is 40.9 Å². The highest BCUT2D eigenvalue weighted by molar-refractivity contribution is 7.80. The van der Waals surface area contributed by atoms with Crippen molar-refractivity contribution in [1.29, 1.82) is 0 Å². The minimum atomic E-state index is -0.560. The second-order valence-electron chi connectivity index (χ2n) is 14.9. The Balaban J connectivity index is -0.000000180. The van der Waals surface area contributed by atoms with Gasteiger partial charge in [-0.1, -0.05) is 124 Å². The zero-order valence-electron chi connectivity index (χ0n) is 36.6. The molecule has 0 bridgehead atoms. The Morgan fingerprint density at radius 1 is 0.400 bits per heavy atom. The summed E-state index contributed by atoms with van der Waals surface area (Å²) in [6, 6.07) is 0. The summed E-state index contributed by atoms with van der Waals surface area (Å²) in [5, 5.41) is 84.4. The molecule has 1 unspecified atom stereocenters. The van der Waals surface area contributed by atoms with Crippen LogP contribution in [0.15, 0.2) is 0 Å². The maximum atomic E-state index is 9.22. The summed E-state index contributed by atoms with van der Waals surface area (Å²) < 4.78 is 0. The molecule has 10 N–H and O–H groups in total. The molecule has 2 fully saturated rings. The van der Waals surface area contributed by atoms with Gasteiger partial charge in [-0.05, 0) is 96.1 Å². The van der Waals surface area contributed by atoms with Crippen molar-refractivity contribution in [3.63, 3.8) is 0 Å². The Labute approximate surface area is 346 Å². The first-order chi connectivity index (χ1) is 26.5. The lowest BCUT2D eigenvalue weighted by molar-refractivity contribution is 0.0541. The zero-order chi connectivity index (χ0) is 42.6. The molecule has 0 spiro atoms. The van der Waals surface area contributed by atoms with Crippen molar-refractivity contribution in [3.05, 3.63) is 0 Å². The van der Waals surface area contributed by atoms with Gasteiger partial charge < -0.3 is 51.1 Å². The molecule has 55 heavy (non-hydrogen) atoms. The van der Waals surface area contributed by atoms with Gasteiger partial charge in [0.15, 0.2) is 0 Å². The largest absolute Gasteiger partial charge is 0.396 e. The van der Waals surface area contributed by atoms with Crippen molar-refractivity contribution in [2.75, 3.05) is 38.8 Å². The highest BCUT2D eigenvalue weighted by Crippen LogP contribution is 2.18. The average Bonchev–Trinajstić information content (AvgIpc) is 3.18. The summed E-state index contributed by atoms with van der Waals surface area (Å²) in [5.41, 5.74) is 0.